The molecule has 2 aliphatic heterocycles. The van der Waals surface area contributed by atoms with Gasteiger partial charge < -0.3 is 14.8 Å². The van der Waals surface area contributed by atoms with Crippen molar-refractivity contribution in [1.29, 1.82) is 0 Å². The van der Waals surface area contributed by atoms with Crippen molar-refractivity contribution in [3.05, 3.63) is 0 Å². The lowest BCUT2D eigenvalue weighted by Gasteiger charge is -2.44. The molecule has 1 N–H and O–H groups in total. The van der Waals surface area contributed by atoms with Crippen molar-refractivity contribution in [1.82, 2.24) is 5.32 Å². The lowest BCUT2D eigenvalue weighted by molar-refractivity contribution is -0.159. The number of ether oxygens (including phenoxy) is 2. The summed E-state index contributed by atoms with van der Waals surface area (Å²) >= 11 is 0. The van der Waals surface area contributed by atoms with E-state index >= 15 is 0 Å². The van der Waals surface area contributed by atoms with Crippen LogP contribution in [0.25, 0.3) is 0 Å². The van der Waals surface area contributed by atoms with E-state index in [4.69, 9.17) is 9.47 Å². The first kappa shape index (κ1) is 14.0. The van der Waals surface area contributed by atoms with Gasteiger partial charge in [0.25, 0.3) is 0 Å². The summed E-state index contributed by atoms with van der Waals surface area (Å²) in [5, 5.41) is 3.11. The van der Waals surface area contributed by atoms with E-state index < -0.39 is 5.54 Å². The minimum Gasteiger partial charge on any atom is -0.381 e. The van der Waals surface area contributed by atoms with E-state index in [0.717, 1.165) is 38.9 Å². The van der Waals surface area contributed by atoms with Crippen LogP contribution in [0.2, 0.25) is 0 Å². The predicted octanol–water partition coefficient (Wildman–Crippen LogP) is 1.53. The molecule has 2 heterocycles. The smallest absolute Gasteiger partial charge is 0.155 e. The van der Waals surface area contributed by atoms with E-state index in [2.05, 4.69) is 5.32 Å². The summed E-state index contributed by atoms with van der Waals surface area (Å²) in [5.74, 6) is 0.443. The number of hydrogen-bond acceptors (Lipinski definition) is 4. The quantitative estimate of drug-likeness (QED) is 0.831. The van der Waals surface area contributed by atoms with Gasteiger partial charge in [-0.1, -0.05) is 0 Å². The van der Waals surface area contributed by atoms with Gasteiger partial charge in [0.05, 0.1) is 11.1 Å². The first-order valence-electron chi connectivity index (χ1n) is 6.94. The van der Waals surface area contributed by atoms with Crippen molar-refractivity contribution in [2.45, 2.75) is 50.7 Å². The Bertz CT molecular complexity index is 303. The molecule has 0 bridgehead atoms. The SMILES string of the molecule is CNC(C)(C)C(=O)C1CCOC2(CCOCC2)C1. The second-order valence-electron chi connectivity index (χ2n) is 6.07. The Morgan fingerprint density at radius 3 is 2.56 bits per heavy atom. The molecule has 2 fully saturated rings. The average molecular weight is 255 g/mol. The molecule has 0 aliphatic carbocycles. The van der Waals surface area contributed by atoms with Crippen molar-refractivity contribution in [2.24, 2.45) is 5.92 Å². The second-order valence-corrected chi connectivity index (χ2v) is 6.07. The monoisotopic (exact) mass is 255 g/mol. The highest BCUT2D eigenvalue weighted by atomic mass is 16.5. The van der Waals surface area contributed by atoms with Crippen LogP contribution in [0.4, 0.5) is 0 Å². The zero-order valence-electron chi connectivity index (χ0n) is 11.8. The van der Waals surface area contributed by atoms with Crippen molar-refractivity contribution in [2.75, 3.05) is 26.9 Å². The molecule has 0 aromatic rings. The number of ketones is 1. The molecule has 18 heavy (non-hydrogen) atoms. The normalized spacial score (nSPS) is 28.3. The number of Topliss-reactive ketones (excluding diaryl/α,β-unsaturated/α-hetero) is 1. The highest BCUT2D eigenvalue weighted by molar-refractivity contribution is 5.89. The number of hydrogen-bond donors (Lipinski definition) is 1. The van der Waals surface area contributed by atoms with E-state index in [-0.39, 0.29) is 11.5 Å². The van der Waals surface area contributed by atoms with Crippen LogP contribution in [0.5, 0.6) is 0 Å². The molecule has 4 heteroatoms. The van der Waals surface area contributed by atoms with Crippen molar-refractivity contribution < 1.29 is 14.3 Å². The molecule has 1 atom stereocenters. The molecule has 4 nitrogen and oxygen atoms in total. The molecule has 2 rings (SSSR count). The Labute approximate surface area is 109 Å². The molecule has 0 aromatic carbocycles. The molecule has 1 unspecified atom stereocenters. The van der Waals surface area contributed by atoms with E-state index in [0.29, 0.717) is 12.4 Å². The maximum absolute atomic E-state index is 12.5. The van der Waals surface area contributed by atoms with Gasteiger partial charge in [0.2, 0.25) is 0 Å². The van der Waals surface area contributed by atoms with E-state index in [9.17, 15) is 4.79 Å². The molecule has 2 saturated heterocycles. The molecule has 2 aliphatic rings. The van der Waals surface area contributed by atoms with Crippen LogP contribution in [0.1, 0.15) is 39.5 Å². The third-order valence-electron chi connectivity index (χ3n) is 4.51. The highest BCUT2D eigenvalue weighted by Crippen LogP contribution is 2.38. The lowest BCUT2D eigenvalue weighted by atomic mass is 9.75. The van der Waals surface area contributed by atoms with Gasteiger partial charge >= 0.3 is 0 Å². The fourth-order valence-corrected chi connectivity index (χ4v) is 2.98. The van der Waals surface area contributed by atoms with Gasteiger partial charge in [0.15, 0.2) is 5.78 Å². The van der Waals surface area contributed by atoms with Gasteiger partial charge in [-0.15, -0.1) is 0 Å². The molecule has 0 amide bonds. The largest absolute Gasteiger partial charge is 0.381 e. The average Bonchev–Trinajstić information content (AvgIpc) is 2.39. The minimum absolute atomic E-state index is 0.0966. The van der Waals surface area contributed by atoms with Crippen LogP contribution >= 0.6 is 0 Å². The predicted molar refractivity (Wildman–Crippen MR) is 69.6 cm³/mol. The Kier molecular flexibility index (Phi) is 4.09. The molecular formula is C14H25NO3. The molecule has 104 valence electrons. The van der Waals surface area contributed by atoms with Crippen LogP contribution in [-0.2, 0) is 14.3 Å². The van der Waals surface area contributed by atoms with E-state index in [1.165, 1.54) is 0 Å². The number of nitrogens with one attached hydrogen (secondary N) is 1. The summed E-state index contributed by atoms with van der Waals surface area (Å²) in [6.07, 6.45) is 3.57. The summed E-state index contributed by atoms with van der Waals surface area (Å²) in [6, 6.07) is 0. The fourth-order valence-electron chi connectivity index (χ4n) is 2.98. The first-order valence-corrected chi connectivity index (χ1v) is 6.94. The Balaban J connectivity index is 2.04. The standard InChI is InChI=1S/C14H25NO3/c1-13(2,15-3)12(16)11-4-7-18-14(10-11)5-8-17-9-6-14/h11,15H,4-10H2,1-3H3. The zero-order valence-corrected chi connectivity index (χ0v) is 11.8. The van der Waals surface area contributed by atoms with Crippen LogP contribution in [0.3, 0.4) is 0 Å². The topological polar surface area (TPSA) is 47.6 Å². The van der Waals surface area contributed by atoms with Gasteiger partial charge in [-0.2, -0.15) is 0 Å². The fraction of sp³-hybridized carbons (Fsp3) is 0.929. The first-order chi connectivity index (χ1) is 8.49. The van der Waals surface area contributed by atoms with Gasteiger partial charge in [0, 0.05) is 25.7 Å². The van der Waals surface area contributed by atoms with Gasteiger partial charge in [-0.3, -0.25) is 4.79 Å². The van der Waals surface area contributed by atoms with Crippen molar-refractivity contribution in [3.63, 3.8) is 0 Å². The summed E-state index contributed by atoms with van der Waals surface area (Å²) < 4.78 is 11.4. The Hall–Kier alpha value is -0.450. The molecule has 0 saturated carbocycles. The maximum Gasteiger partial charge on any atom is 0.155 e. The summed E-state index contributed by atoms with van der Waals surface area (Å²) in [4.78, 5) is 12.5. The van der Waals surface area contributed by atoms with E-state index in [1.807, 2.05) is 20.9 Å². The Morgan fingerprint density at radius 1 is 1.28 bits per heavy atom. The number of carbonyl (C=O) groups is 1. The van der Waals surface area contributed by atoms with Crippen LogP contribution in [0, 0.1) is 5.92 Å². The zero-order chi connectivity index (χ0) is 13.2. The van der Waals surface area contributed by atoms with Crippen LogP contribution < -0.4 is 5.32 Å². The summed E-state index contributed by atoms with van der Waals surface area (Å²) in [6.45, 7) is 6.14. The molecule has 0 aromatic heterocycles. The molecule has 1 spiro atoms. The minimum atomic E-state index is -0.436. The third kappa shape index (κ3) is 2.76. The maximum atomic E-state index is 12.5. The molecular weight excluding hydrogens is 230 g/mol. The van der Waals surface area contributed by atoms with Crippen molar-refractivity contribution >= 4 is 5.78 Å². The summed E-state index contributed by atoms with van der Waals surface area (Å²) in [7, 11) is 1.85. The van der Waals surface area contributed by atoms with Gasteiger partial charge in [-0.25, -0.2) is 0 Å². The number of likely N-dealkylation sites (N-methyl/N-ethyl adjacent to an activating group) is 1. The number of carbonyl (C=O) groups excluding carboxylic acids is 1. The number of rotatable bonds is 3. The second kappa shape index (κ2) is 5.27. The van der Waals surface area contributed by atoms with Crippen molar-refractivity contribution in [3.8, 4) is 0 Å². The Morgan fingerprint density at radius 2 is 1.94 bits per heavy atom. The highest BCUT2D eigenvalue weighted by Gasteiger charge is 2.43. The van der Waals surface area contributed by atoms with E-state index in [1.54, 1.807) is 0 Å². The van der Waals surface area contributed by atoms with Crippen LogP contribution in [0.15, 0.2) is 0 Å². The van der Waals surface area contributed by atoms with Crippen LogP contribution in [-0.4, -0.2) is 43.8 Å². The lowest BCUT2D eigenvalue weighted by Crippen LogP contribution is -2.52. The van der Waals surface area contributed by atoms with Gasteiger partial charge in [-0.05, 0) is 46.6 Å². The summed E-state index contributed by atoms with van der Waals surface area (Å²) in [5.41, 5.74) is -0.533. The molecule has 0 radical (unpaired) electrons. The third-order valence-corrected chi connectivity index (χ3v) is 4.51. The van der Waals surface area contributed by atoms with Gasteiger partial charge in [0.1, 0.15) is 0 Å².